The molecule has 0 atom stereocenters. The lowest BCUT2D eigenvalue weighted by Crippen LogP contribution is -2.37. The van der Waals surface area contributed by atoms with Crippen LogP contribution in [0, 0.1) is 0 Å². The lowest BCUT2D eigenvalue weighted by atomic mass is 10.4. The first-order chi connectivity index (χ1) is 5.24. The van der Waals surface area contributed by atoms with Gasteiger partial charge in [0.1, 0.15) is 0 Å². The molecule has 0 saturated heterocycles. The van der Waals surface area contributed by atoms with Crippen molar-refractivity contribution in [3.8, 4) is 0 Å². The molecule has 0 heterocycles. The molecule has 66 valence electrons. The minimum absolute atomic E-state index is 0.437. The quantitative estimate of drug-likeness (QED) is 0.452. The Morgan fingerprint density at radius 2 is 1.73 bits per heavy atom. The maximum Gasteiger partial charge on any atom is 0.272 e. The topological polar surface area (TPSA) is 27.7 Å². The molecular weight excluding hydrogens is 160 g/mol. The van der Waals surface area contributed by atoms with Gasteiger partial charge in [0.05, 0.1) is 0 Å². The van der Waals surface area contributed by atoms with Gasteiger partial charge in [0.2, 0.25) is 9.76 Å². The molecule has 0 unspecified atom stereocenters. The van der Waals surface area contributed by atoms with Gasteiger partial charge in [0.15, 0.2) is 0 Å². The first kappa shape index (κ1) is 11.1. The predicted molar refractivity (Wildman–Crippen MR) is 44.4 cm³/mol. The molecule has 2 radical (unpaired) electrons. The van der Waals surface area contributed by atoms with E-state index >= 15 is 0 Å². The van der Waals surface area contributed by atoms with Crippen molar-refractivity contribution >= 4 is 9.76 Å². The third kappa shape index (κ3) is 3.33. The number of hydrogen-bond donors (Lipinski definition) is 0. The van der Waals surface area contributed by atoms with Crippen LogP contribution in [0.5, 0.6) is 0 Å². The Bertz CT molecular complexity index is 85.4. The molecular formula is C7H16O3Si. The van der Waals surface area contributed by atoms with Crippen LogP contribution in [0.2, 0.25) is 6.04 Å². The molecule has 4 heteroatoms. The average molecular weight is 176 g/mol. The maximum atomic E-state index is 5.41. The van der Waals surface area contributed by atoms with Crippen molar-refractivity contribution in [1.82, 2.24) is 0 Å². The summed E-state index contributed by atoms with van der Waals surface area (Å²) in [6, 6.07) is 0.995. The van der Waals surface area contributed by atoms with E-state index in [2.05, 4.69) is 6.92 Å². The molecule has 0 aliphatic heterocycles. The van der Waals surface area contributed by atoms with E-state index in [1.165, 1.54) is 0 Å². The lowest BCUT2D eigenvalue weighted by molar-refractivity contribution is -0.324. The summed E-state index contributed by atoms with van der Waals surface area (Å²) in [5.74, 6) is -0.811. The Balaban J connectivity index is 3.84. The monoisotopic (exact) mass is 176 g/mol. The van der Waals surface area contributed by atoms with Gasteiger partial charge in [-0.15, -0.1) is 0 Å². The number of hydrogen-bond acceptors (Lipinski definition) is 3. The standard InChI is InChI=1S/C7H16O3Si/c1-5-7(8-3,9-4)10-11-6-2/h5-6H2,1-4H3. The predicted octanol–water partition coefficient (Wildman–Crippen LogP) is 1.42. The Kier molecular flexibility index (Phi) is 5.76. The minimum atomic E-state index is -0.811. The van der Waals surface area contributed by atoms with Gasteiger partial charge in [-0.2, -0.15) is 0 Å². The average Bonchev–Trinajstić information content (AvgIpc) is 2.08. The summed E-state index contributed by atoms with van der Waals surface area (Å²) < 4.78 is 15.6. The van der Waals surface area contributed by atoms with Crippen LogP contribution in [0.4, 0.5) is 0 Å². The normalized spacial score (nSPS) is 12.0. The van der Waals surface area contributed by atoms with Crippen LogP contribution in [0.25, 0.3) is 0 Å². The Hall–Kier alpha value is 0.0969. The Morgan fingerprint density at radius 3 is 2.00 bits per heavy atom. The fourth-order valence-corrected chi connectivity index (χ4v) is 1.38. The van der Waals surface area contributed by atoms with E-state index in [0.29, 0.717) is 16.2 Å². The second-order valence-corrected chi connectivity index (χ2v) is 3.24. The van der Waals surface area contributed by atoms with Crippen molar-refractivity contribution in [2.75, 3.05) is 14.2 Å². The van der Waals surface area contributed by atoms with Crippen molar-refractivity contribution in [3.05, 3.63) is 0 Å². The van der Waals surface area contributed by atoms with Crippen molar-refractivity contribution in [2.45, 2.75) is 32.3 Å². The molecule has 0 aromatic heterocycles. The zero-order chi connectivity index (χ0) is 8.74. The summed E-state index contributed by atoms with van der Waals surface area (Å²) in [6.07, 6.45) is 0.701. The van der Waals surface area contributed by atoms with Gasteiger partial charge in [-0.25, -0.2) is 0 Å². The molecule has 0 rings (SSSR count). The summed E-state index contributed by atoms with van der Waals surface area (Å²) in [6.45, 7) is 4.03. The van der Waals surface area contributed by atoms with Crippen LogP contribution in [0.15, 0.2) is 0 Å². The van der Waals surface area contributed by atoms with Crippen molar-refractivity contribution < 1.29 is 13.9 Å². The fourth-order valence-electron chi connectivity index (χ4n) is 0.710. The smallest absolute Gasteiger partial charge is 0.272 e. The number of rotatable bonds is 6. The van der Waals surface area contributed by atoms with E-state index in [9.17, 15) is 0 Å². The zero-order valence-electron chi connectivity index (χ0n) is 7.64. The molecule has 0 amide bonds. The van der Waals surface area contributed by atoms with Gasteiger partial charge < -0.3 is 13.9 Å². The highest BCUT2D eigenvalue weighted by Gasteiger charge is 2.27. The fraction of sp³-hybridized carbons (Fsp3) is 1.00. The molecule has 0 saturated carbocycles. The van der Waals surface area contributed by atoms with E-state index < -0.39 is 5.97 Å². The van der Waals surface area contributed by atoms with Gasteiger partial charge in [-0.3, -0.25) is 0 Å². The molecule has 0 aromatic carbocycles. The van der Waals surface area contributed by atoms with E-state index in [4.69, 9.17) is 13.9 Å². The van der Waals surface area contributed by atoms with Crippen LogP contribution < -0.4 is 0 Å². The largest absolute Gasteiger partial charge is 0.370 e. The van der Waals surface area contributed by atoms with Gasteiger partial charge in [0, 0.05) is 20.6 Å². The molecule has 0 fully saturated rings. The van der Waals surface area contributed by atoms with E-state index in [-0.39, 0.29) is 0 Å². The van der Waals surface area contributed by atoms with Crippen LogP contribution >= 0.6 is 0 Å². The molecule has 0 aliphatic rings. The van der Waals surface area contributed by atoms with Crippen LogP contribution in [0.1, 0.15) is 20.3 Å². The van der Waals surface area contributed by atoms with Crippen molar-refractivity contribution in [3.63, 3.8) is 0 Å². The van der Waals surface area contributed by atoms with Crippen LogP contribution in [-0.2, 0) is 13.9 Å². The highest BCUT2D eigenvalue weighted by atomic mass is 28.2. The van der Waals surface area contributed by atoms with Gasteiger partial charge >= 0.3 is 0 Å². The summed E-state index contributed by atoms with van der Waals surface area (Å²) >= 11 is 0. The van der Waals surface area contributed by atoms with E-state index in [1.807, 2.05) is 6.92 Å². The second-order valence-electron chi connectivity index (χ2n) is 2.04. The van der Waals surface area contributed by atoms with Crippen molar-refractivity contribution in [2.24, 2.45) is 0 Å². The van der Waals surface area contributed by atoms with Crippen LogP contribution in [0.3, 0.4) is 0 Å². The zero-order valence-corrected chi connectivity index (χ0v) is 8.64. The van der Waals surface area contributed by atoms with E-state index in [1.54, 1.807) is 14.2 Å². The summed E-state index contributed by atoms with van der Waals surface area (Å²) in [4.78, 5) is 0. The van der Waals surface area contributed by atoms with Crippen molar-refractivity contribution in [1.29, 1.82) is 0 Å². The van der Waals surface area contributed by atoms with Gasteiger partial charge in [0.25, 0.3) is 5.97 Å². The SMILES string of the molecule is CC[Si]OC(CC)(OC)OC. The molecule has 0 spiro atoms. The number of ether oxygens (including phenoxy) is 2. The van der Waals surface area contributed by atoms with E-state index in [0.717, 1.165) is 6.04 Å². The Labute approximate surface area is 71.0 Å². The van der Waals surface area contributed by atoms with Crippen LogP contribution in [-0.4, -0.2) is 30.0 Å². The summed E-state index contributed by atoms with van der Waals surface area (Å²) in [5.41, 5.74) is 0. The van der Waals surface area contributed by atoms with Gasteiger partial charge in [-0.1, -0.05) is 13.8 Å². The molecule has 0 aliphatic carbocycles. The van der Waals surface area contributed by atoms with Gasteiger partial charge in [-0.05, 0) is 6.04 Å². The summed E-state index contributed by atoms with van der Waals surface area (Å²) in [7, 11) is 3.62. The Morgan fingerprint density at radius 1 is 1.18 bits per heavy atom. The number of methoxy groups -OCH3 is 2. The first-order valence-electron chi connectivity index (χ1n) is 3.75. The molecule has 0 aromatic rings. The molecule has 11 heavy (non-hydrogen) atoms. The minimum Gasteiger partial charge on any atom is -0.370 e. The second kappa shape index (κ2) is 5.71. The highest BCUT2D eigenvalue weighted by Crippen LogP contribution is 2.16. The maximum absolute atomic E-state index is 5.41. The first-order valence-corrected chi connectivity index (χ1v) is 4.87. The lowest BCUT2D eigenvalue weighted by Gasteiger charge is -2.28. The molecule has 0 bridgehead atoms. The highest BCUT2D eigenvalue weighted by molar-refractivity contribution is 6.26. The third-order valence-corrected chi connectivity index (χ3v) is 2.17. The third-order valence-electron chi connectivity index (χ3n) is 1.43. The summed E-state index contributed by atoms with van der Waals surface area (Å²) in [5, 5.41) is 0. The molecule has 0 N–H and O–H groups in total. The molecule has 3 nitrogen and oxygen atoms in total.